The number of carbonyl (C=O) groups excluding carboxylic acids is 1. The number of methoxy groups -OCH3 is 2. The van der Waals surface area contributed by atoms with Crippen molar-refractivity contribution in [3.63, 3.8) is 0 Å². The third kappa shape index (κ3) is 5.19. The van der Waals surface area contributed by atoms with E-state index in [1.54, 1.807) is 25.6 Å². The minimum absolute atomic E-state index is 0.0192. The monoisotopic (exact) mass is 362 g/mol. The second-order valence-corrected chi connectivity index (χ2v) is 6.81. The molecule has 0 aliphatic rings. The van der Waals surface area contributed by atoms with Gasteiger partial charge in [-0.2, -0.15) is 0 Å². The number of rotatable bonds is 9. The predicted octanol–water partition coefficient (Wildman–Crippen LogP) is 4.25. The molecule has 6 heteroatoms. The number of amides is 1. The molecule has 0 bridgehead atoms. The first-order valence-electron chi connectivity index (χ1n) is 8.60. The van der Waals surface area contributed by atoms with Crippen LogP contribution >= 0.6 is 11.3 Å². The number of thiazole rings is 1. The number of aryl methyl sites for hydroxylation is 3. The zero-order valence-corrected chi connectivity index (χ0v) is 16.2. The largest absolute Gasteiger partial charge is 0.493 e. The summed E-state index contributed by atoms with van der Waals surface area (Å²) in [6, 6.07) is 5.72. The molecule has 0 aliphatic carbocycles. The highest BCUT2D eigenvalue weighted by molar-refractivity contribution is 7.15. The van der Waals surface area contributed by atoms with Crippen LogP contribution in [0.25, 0.3) is 0 Å². The number of nitrogens with zero attached hydrogens (tertiary/aromatic N) is 1. The summed E-state index contributed by atoms with van der Waals surface area (Å²) < 4.78 is 10.5. The van der Waals surface area contributed by atoms with Crippen LogP contribution in [0.5, 0.6) is 11.5 Å². The van der Waals surface area contributed by atoms with E-state index in [1.807, 2.05) is 18.2 Å². The lowest BCUT2D eigenvalue weighted by Gasteiger charge is -2.09. The molecule has 0 aliphatic heterocycles. The molecule has 136 valence electrons. The molecule has 0 saturated carbocycles. The first-order chi connectivity index (χ1) is 12.1. The lowest BCUT2D eigenvalue weighted by molar-refractivity contribution is -0.116. The van der Waals surface area contributed by atoms with Crippen molar-refractivity contribution in [1.29, 1.82) is 0 Å². The summed E-state index contributed by atoms with van der Waals surface area (Å²) >= 11 is 1.58. The van der Waals surface area contributed by atoms with E-state index in [0.29, 0.717) is 29.5 Å². The Morgan fingerprint density at radius 2 is 1.92 bits per heavy atom. The molecule has 25 heavy (non-hydrogen) atoms. The van der Waals surface area contributed by atoms with Gasteiger partial charge in [0.05, 0.1) is 19.9 Å². The van der Waals surface area contributed by atoms with Gasteiger partial charge in [0.25, 0.3) is 0 Å². The molecule has 0 atom stereocenters. The number of hydrogen-bond acceptors (Lipinski definition) is 5. The Kier molecular flexibility index (Phi) is 7.25. The minimum Gasteiger partial charge on any atom is -0.493 e. The molecule has 0 spiro atoms. The first kappa shape index (κ1) is 19.2. The second kappa shape index (κ2) is 9.42. The fourth-order valence-electron chi connectivity index (χ4n) is 2.62. The van der Waals surface area contributed by atoms with Crippen LogP contribution in [0.2, 0.25) is 0 Å². The molecule has 2 rings (SSSR count). The standard InChI is InChI=1S/C19H26N2O3S/c1-5-7-14-17(6-2)25-19(20-14)21-18(22)11-9-13-8-10-15(23-3)16(12-13)24-4/h8,10,12H,5-7,9,11H2,1-4H3,(H,20,21,22). The maximum Gasteiger partial charge on any atom is 0.226 e. The van der Waals surface area contributed by atoms with Gasteiger partial charge in [0.15, 0.2) is 16.6 Å². The lowest BCUT2D eigenvalue weighted by Crippen LogP contribution is -2.12. The minimum atomic E-state index is -0.0192. The Hall–Kier alpha value is -2.08. The van der Waals surface area contributed by atoms with E-state index in [2.05, 4.69) is 24.1 Å². The van der Waals surface area contributed by atoms with E-state index in [4.69, 9.17) is 9.47 Å². The van der Waals surface area contributed by atoms with Crippen LogP contribution in [0, 0.1) is 0 Å². The highest BCUT2D eigenvalue weighted by atomic mass is 32.1. The Bertz CT molecular complexity index is 713. The summed E-state index contributed by atoms with van der Waals surface area (Å²) in [7, 11) is 3.21. The highest BCUT2D eigenvalue weighted by Gasteiger charge is 2.12. The predicted molar refractivity (Wildman–Crippen MR) is 102 cm³/mol. The van der Waals surface area contributed by atoms with Gasteiger partial charge in [-0.05, 0) is 37.0 Å². The van der Waals surface area contributed by atoms with Crippen molar-refractivity contribution in [2.75, 3.05) is 19.5 Å². The molecule has 1 aromatic heterocycles. The quantitative estimate of drug-likeness (QED) is 0.724. The van der Waals surface area contributed by atoms with Crippen LogP contribution in [0.4, 0.5) is 5.13 Å². The maximum atomic E-state index is 12.2. The van der Waals surface area contributed by atoms with E-state index in [-0.39, 0.29) is 5.91 Å². The van der Waals surface area contributed by atoms with E-state index < -0.39 is 0 Å². The molecule has 5 nitrogen and oxygen atoms in total. The lowest BCUT2D eigenvalue weighted by atomic mass is 10.1. The SMILES string of the molecule is CCCc1nc(NC(=O)CCc2ccc(OC)c(OC)c2)sc1CC. The molecule has 1 amide bonds. The number of ether oxygens (including phenoxy) is 2. The van der Waals surface area contributed by atoms with Gasteiger partial charge in [0.1, 0.15) is 0 Å². The summed E-state index contributed by atoms with van der Waals surface area (Å²) in [5, 5.41) is 3.64. The summed E-state index contributed by atoms with van der Waals surface area (Å²) in [6.45, 7) is 4.26. The van der Waals surface area contributed by atoms with Crippen molar-refractivity contribution in [2.24, 2.45) is 0 Å². The molecular weight excluding hydrogens is 336 g/mol. The molecule has 1 heterocycles. The van der Waals surface area contributed by atoms with Crippen LogP contribution in [-0.4, -0.2) is 25.1 Å². The zero-order valence-electron chi connectivity index (χ0n) is 15.3. The van der Waals surface area contributed by atoms with E-state index in [1.165, 1.54) is 4.88 Å². The normalized spacial score (nSPS) is 10.6. The average Bonchev–Trinajstić information content (AvgIpc) is 3.01. The van der Waals surface area contributed by atoms with Crippen molar-refractivity contribution in [3.05, 3.63) is 34.3 Å². The van der Waals surface area contributed by atoms with Crippen LogP contribution in [0.3, 0.4) is 0 Å². The van der Waals surface area contributed by atoms with Crippen molar-refractivity contribution in [2.45, 2.75) is 46.0 Å². The second-order valence-electron chi connectivity index (χ2n) is 5.73. The number of anilines is 1. The molecular formula is C19H26N2O3S. The van der Waals surface area contributed by atoms with E-state index in [9.17, 15) is 4.79 Å². The third-order valence-electron chi connectivity index (χ3n) is 3.92. The van der Waals surface area contributed by atoms with Crippen molar-refractivity contribution in [1.82, 2.24) is 4.98 Å². The number of benzene rings is 1. The number of nitrogens with one attached hydrogen (secondary N) is 1. The molecule has 2 aromatic rings. The average molecular weight is 362 g/mol. The van der Waals surface area contributed by atoms with Gasteiger partial charge in [0, 0.05) is 11.3 Å². The highest BCUT2D eigenvalue weighted by Crippen LogP contribution is 2.28. The van der Waals surface area contributed by atoms with Crippen molar-refractivity contribution < 1.29 is 14.3 Å². The Labute approximate surface area is 153 Å². The van der Waals surface area contributed by atoms with Crippen molar-refractivity contribution >= 4 is 22.4 Å². The Balaban J connectivity index is 1.94. The van der Waals surface area contributed by atoms with Gasteiger partial charge in [0.2, 0.25) is 5.91 Å². The topological polar surface area (TPSA) is 60.5 Å². The summed E-state index contributed by atoms with van der Waals surface area (Å²) in [6.07, 6.45) is 4.01. The van der Waals surface area contributed by atoms with Crippen molar-refractivity contribution in [3.8, 4) is 11.5 Å². The Morgan fingerprint density at radius 1 is 1.16 bits per heavy atom. The molecule has 0 fully saturated rings. The van der Waals surface area contributed by atoms with Gasteiger partial charge in [-0.1, -0.05) is 26.3 Å². The van der Waals surface area contributed by atoms with Crippen LogP contribution in [0.1, 0.15) is 42.8 Å². The smallest absolute Gasteiger partial charge is 0.226 e. The summed E-state index contributed by atoms with van der Waals surface area (Å²) in [4.78, 5) is 18.1. The number of hydrogen-bond donors (Lipinski definition) is 1. The van der Waals surface area contributed by atoms with Crippen LogP contribution < -0.4 is 14.8 Å². The fourth-order valence-corrected chi connectivity index (χ4v) is 3.58. The van der Waals surface area contributed by atoms with Gasteiger partial charge >= 0.3 is 0 Å². The zero-order chi connectivity index (χ0) is 18.2. The van der Waals surface area contributed by atoms with E-state index >= 15 is 0 Å². The summed E-state index contributed by atoms with van der Waals surface area (Å²) in [5.41, 5.74) is 2.15. The first-order valence-corrected chi connectivity index (χ1v) is 9.42. The van der Waals surface area contributed by atoms with Gasteiger partial charge < -0.3 is 14.8 Å². The molecule has 1 N–H and O–H groups in total. The molecule has 0 saturated heterocycles. The fraction of sp³-hybridized carbons (Fsp3) is 0.474. The maximum absolute atomic E-state index is 12.2. The number of carbonyl (C=O) groups is 1. The summed E-state index contributed by atoms with van der Waals surface area (Å²) in [5.74, 6) is 1.35. The van der Waals surface area contributed by atoms with Gasteiger partial charge in [-0.15, -0.1) is 11.3 Å². The van der Waals surface area contributed by atoms with E-state index in [0.717, 1.165) is 30.5 Å². The van der Waals surface area contributed by atoms with Crippen LogP contribution in [-0.2, 0) is 24.1 Å². The molecule has 0 unspecified atom stereocenters. The third-order valence-corrected chi connectivity index (χ3v) is 5.08. The molecule has 0 radical (unpaired) electrons. The van der Waals surface area contributed by atoms with Gasteiger partial charge in [-0.3, -0.25) is 4.79 Å². The number of aromatic nitrogens is 1. The van der Waals surface area contributed by atoms with Crippen LogP contribution in [0.15, 0.2) is 18.2 Å². The molecule has 1 aromatic carbocycles. The van der Waals surface area contributed by atoms with Gasteiger partial charge in [-0.25, -0.2) is 4.98 Å². The Morgan fingerprint density at radius 3 is 2.56 bits per heavy atom.